The van der Waals surface area contributed by atoms with Gasteiger partial charge in [-0.15, -0.1) is 12.8 Å². The fraction of sp³-hybridized carbons (Fsp3) is 0.346. The van der Waals surface area contributed by atoms with Crippen LogP contribution in [0.2, 0.25) is 10.0 Å². The Morgan fingerprint density at radius 1 is 1.14 bits per heavy atom. The van der Waals surface area contributed by atoms with E-state index in [-0.39, 0.29) is 6.10 Å². The van der Waals surface area contributed by atoms with E-state index in [4.69, 9.17) is 32.5 Å². The van der Waals surface area contributed by atoms with Gasteiger partial charge >= 0.3 is 0 Å². The molecule has 1 aliphatic carbocycles. The van der Waals surface area contributed by atoms with Crippen LogP contribution >= 0.6 is 47.5 Å². The van der Waals surface area contributed by atoms with Crippen molar-refractivity contribution in [3.05, 3.63) is 63.5 Å². The van der Waals surface area contributed by atoms with Gasteiger partial charge in [0.15, 0.2) is 6.29 Å². The van der Waals surface area contributed by atoms with Gasteiger partial charge in [0, 0.05) is 41.2 Å². The number of ether oxygens (including phenoxy) is 1. The van der Waals surface area contributed by atoms with E-state index in [0.717, 1.165) is 72.2 Å². The highest BCUT2D eigenvalue weighted by molar-refractivity contribution is 7.77. The quantitative estimate of drug-likeness (QED) is 0.182. The number of benzene rings is 2. The lowest BCUT2D eigenvalue weighted by Gasteiger charge is -2.33. The van der Waals surface area contributed by atoms with E-state index < -0.39 is 0 Å². The Kier molecular flexibility index (Phi) is 8.38. The van der Waals surface area contributed by atoms with Gasteiger partial charge in [0.25, 0.3) is 0 Å². The van der Waals surface area contributed by atoms with Crippen molar-refractivity contribution in [1.82, 2.24) is 9.53 Å². The normalized spacial score (nSPS) is 16.1. The van der Waals surface area contributed by atoms with Crippen LogP contribution in [-0.4, -0.2) is 35.0 Å². The molecule has 3 heterocycles. The Hall–Kier alpha value is -2.14. The minimum atomic E-state index is 0.150. The molecule has 6 rings (SSSR count). The smallest absolute Gasteiger partial charge is 0.170 e. The summed E-state index contributed by atoms with van der Waals surface area (Å²) in [6, 6.07) is 11.7. The lowest BCUT2D eigenvalue weighted by atomic mass is 10.0. The second-order valence-electron chi connectivity index (χ2n) is 9.11. The molecule has 4 aromatic rings. The third-order valence-corrected chi connectivity index (χ3v) is 8.28. The third-order valence-electron chi connectivity index (χ3n) is 6.83. The van der Waals surface area contributed by atoms with Crippen molar-refractivity contribution < 1.29 is 14.1 Å². The standard InChI is InChI=1S/C26H23Cl2N3O3S.H3NS/c27-20-2-1-3-21(28)24(20)25-19(26(34-29-25)15-4-5-15)14-33-17-8-10-31(11-9-17)16-6-7-18-22(13-32)30-35-23(18)12-16;1-2/h1-3,6-7,12-13,15,17H,4-5,8-11,14H2;2H,1H2. The van der Waals surface area contributed by atoms with E-state index in [1.54, 1.807) is 0 Å². The molecule has 2 fully saturated rings. The third kappa shape index (κ3) is 5.53. The summed E-state index contributed by atoms with van der Waals surface area (Å²) in [6.07, 6.45) is 5.02. The number of carbonyl (C=O) groups is 1. The summed E-state index contributed by atoms with van der Waals surface area (Å²) in [5.74, 6) is 1.31. The van der Waals surface area contributed by atoms with E-state index in [9.17, 15) is 4.79 Å². The van der Waals surface area contributed by atoms with Gasteiger partial charge in [0.2, 0.25) is 0 Å². The number of thiol groups is 1. The molecule has 2 aromatic heterocycles. The Bertz CT molecular complexity index is 1380. The zero-order valence-corrected chi connectivity index (χ0v) is 23.1. The highest BCUT2D eigenvalue weighted by Gasteiger charge is 2.34. The van der Waals surface area contributed by atoms with Gasteiger partial charge in [0.1, 0.15) is 17.1 Å². The Morgan fingerprint density at radius 2 is 1.86 bits per heavy atom. The van der Waals surface area contributed by atoms with Crippen LogP contribution in [-0.2, 0) is 11.3 Å². The number of aldehydes is 1. The molecule has 0 spiro atoms. The van der Waals surface area contributed by atoms with E-state index in [2.05, 4.69) is 44.5 Å². The number of halogens is 2. The van der Waals surface area contributed by atoms with Crippen LogP contribution in [0, 0.1) is 0 Å². The van der Waals surface area contributed by atoms with Crippen molar-refractivity contribution in [2.45, 2.75) is 44.3 Å². The molecule has 2 N–H and O–H groups in total. The maximum absolute atomic E-state index is 11.1. The lowest BCUT2D eigenvalue weighted by Crippen LogP contribution is -2.37. The fourth-order valence-electron chi connectivity index (χ4n) is 4.76. The molecule has 1 saturated carbocycles. The molecule has 2 aromatic carbocycles. The average molecular weight is 578 g/mol. The maximum Gasteiger partial charge on any atom is 0.170 e. The maximum atomic E-state index is 11.1. The molecule has 1 aliphatic heterocycles. The van der Waals surface area contributed by atoms with Gasteiger partial charge in [-0.05, 0) is 67.5 Å². The molecule has 7 nitrogen and oxygen atoms in total. The van der Waals surface area contributed by atoms with Crippen LogP contribution in [0.3, 0.4) is 0 Å². The van der Waals surface area contributed by atoms with Gasteiger partial charge in [-0.25, -0.2) is 0 Å². The molecule has 1 saturated heterocycles. The molecule has 0 radical (unpaired) electrons. The van der Waals surface area contributed by atoms with Crippen molar-refractivity contribution >= 4 is 69.6 Å². The molecule has 11 heteroatoms. The number of nitrogens with two attached hydrogens (primary N) is 1. The van der Waals surface area contributed by atoms with Crippen LogP contribution in [0.15, 0.2) is 40.9 Å². The Labute approximate surface area is 234 Å². The summed E-state index contributed by atoms with van der Waals surface area (Å²) in [5, 5.41) is 10.6. The van der Waals surface area contributed by atoms with Gasteiger partial charge in [0.05, 0.1) is 27.5 Å². The van der Waals surface area contributed by atoms with E-state index in [1.165, 1.54) is 11.5 Å². The molecule has 2 aliphatic rings. The molecular weight excluding hydrogens is 551 g/mol. The zero-order valence-electron chi connectivity index (χ0n) is 19.9. The SMILES string of the molecule is NS.O=Cc1nsc2cc(N3CCC(OCc4c(-c5c(Cl)cccc5Cl)noc4C4CC4)CC3)ccc12. The summed E-state index contributed by atoms with van der Waals surface area (Å²) in [4.78, 5) is 13.5. The van der Waals surface area contributed by atoms with Crippen LogP contribution in [0.1, 0.15) is 53.4 Å². The van der Waals surface area contributed by atoms with E-state index >= 15 is 0 Å². The highest BCUT2D eigenvalue weighted by Crippen LogP contribution is 2.46. The Balaban J connectivity index is 0.00000137. The van der Waals surface area contributed by atoms with Crippen molar-refractivity contribution in [2.75, 3.05) is 18.0 Å². The van der Waals surface area contributed by atoms with E-state index in [0.29, 0.717) is 39.5 Å². The van der Waals surface area contributed by atoms with Gasteiger partial charge in [-0.3, -0.25) is 9.93 Å². The second-order valence-corrected chi connectivity index (χ2v) is 10.7. The van der Waals surface area contributed by atoms with Crippen molar-refractivity contribution in [3.8, 4) is 11.3 Å². The summed E-state index contributed by atoms with van der Waals surface area (Å²) >= 11 is 17.3. The second kappa shape index (κ2) is 11.7. The number of anilines is 1. The number of hydrogen-bond donors (Lipinski definition) is 2. The summed E-state index contributed by atoms with van der Waals surface area (Å²) in [7, 11) is 0. The highest BCUT2D eigenvalue weighted by atomic mass is 35.5. The number of piperidine rings is 1. The number of nitrogens with zero attached hydrogens (tertiary/aromatic N) is 3. The zero-order chi connectivity index (χ0) is 25.9. The van der Waals surface area contributed by atoms with E-state index in [1.807, 2.05) is 24.3 Å². The summed E-state index contributed by atoms with van der Waals surface area (Å²) < 4.78 is 17.4. The molecule has 37 heavy (non-hydrogen) atoms. The molecule has 0 unspecified atom stereocenters. The first-order valence-electron chi connectivity index (χ1n) is 12.0. The van der Waals surface area contributed by atoms with Crippen molar-refractivity contribution in [1.29, 1.82) is 0 Å². The Morgan fingerprint density at radius 3 is 2.54 bits per heavy atom. The van der Waals surface area contributed by atoms with Crippen LogP contribution in [0.4, 0.5) is 5.69 Å². The first-order chi connectivity index (χ1) is 18.1. The fourth-order valence-corrected chi connectivity index (χ4v) is 6.12. The van der Waals surface area contributed by atoms with Crippen LogP contribution in [0.25, 0.3) is 21.3 Å². The molecular formula is C26H26Cl2N4O3S2. The number of aromatic nitrogens is 2. The first-order valence-corrected chi connectivity index (χ1v) is 14.1. The summed E-state index contributed by atoms with van der Waals surface area (Å²) in [5.41, 5.74) is 4.03. The minimum absolute atomic E-state index is 0.150. The molecule has 194 valence electrons. The average Bonchev–Trinajstić information content (AvgIpc) is 3.56. The molecule has 0 amide bonds. The predicted molar refractivity (Wildman–Crippen MR) is 152 cm³/mol. The number of hydrogen-bond acceptors (Lipinski definition) is 9. The molecule has 0 bridgehead atoms. The van der Waals surface area contributed by atoms with Crippen LogP contribution in [0.5, 0.6) is 0 Å². The van der Waals surface area contributed by atoms with Gasteiger partial charge in [-0.2, -0.15) is 4.37 Å². The topological polar surface area (TPSA) is 94.5 Å². The first kappa shape index (κ1) is 26.5. The molecule has 0 atom stereocenters. The summed E-state index contributed by atoms with van der Waals surface area (Å²) in [6.45, 7) is 2.23. The minimum Gasteiger partial charge on any atom is -0.373 e. The predicted octanol–water partition coefficient (Wildman–Crippen LogP) is 6.92. The van der Waals surface area contributed by atoms with Gasteiger partial charge < -0.3 is 14.2 Å². The largest absolute Gasteiger partial charge is 0.373 e. The monoisotopic (exact) mass is 576 g/mol. The lowest BCUT2D eigenvalue weighted by molar-refractivity contribution is 0.0246. The van der Waals surface area contributed by atoms with Gasteiger partial charge in [-0.1, -0.05) is 34.4 Å². The number of fused-ring (bicyclic) bond motifs is 1. The number of carbonyl (C=O) groups excluding carboxylic acids is 1. The van der Waals surface area contributed by atoms with Crippen molar-refractivity contribution in [3.63, 3.8) is 0 Å². The van der Waals surface area contributed by atoms with Crippen LogP contribution < -0.4 is 10.0 Å². The van der Waals surface area contributed by atoms with Crippen molar-refractivity contribution in [2.24, 2.45) is 5.14 Å². The number of rotatable bonds is 7.